The molecule has 0 aliphatic rings. The zero-order valence-electron chi connectivity index (χ0n) is 19.5. The third kappa shape index (κ3) is 9.18. The Morgan fingerprint density at radius 2 is 1.59 bits per heavy atom. The summed E-state index contributed by atoms with van der Waals surface area (Å²) in [5.41, 5.74) is 2.04. The van der Waals surface area contributed by atoms with Crippen molar-refractivity contribution in [2.45, 2.75) is 59.9 Å². The highest BCUT2D eigenvalue weighted by Crippen LogP contribution is 2.14. The van der Waals surface area contributed by atoms with Gasteiger partial charge >= 0.3 is 23.9 Å². The first-order chi connectivity index (χ1) is 15.8. The van der Waals surface area contributed by atoms with Crippen LogP contribution in [0.3, 0.4) is 0 Å². The van der Waals surface area contributed by atoms with Crippen molar-refractivity contribution in [2.24, 2.45) is 5.10 Å². The predicted octanol–water partition coefficient (Wildman–Crippen LogP) is -0.0323. The van der Waals surface area contributed by atoms with Gasteiger partial charge in [-0.3, -0.25) is 28.8 Å². The predicted molar refractivity (Wildman–Crippen MR) is 115 cm³/mol. The molecule has 0 amide bonds. The molecule has 1 rings (SSSR count). The molecule has 1 N–H and O–H groups in total. The van der Waals surface area contributed by atoms with Crippen molar-refractivity contribution in [2.75, 3.05) is 12.0 Å². The number of anilines is 1. The Hall–Kier alpha value is -4.10. The van der Waals surface area contributed by atoms with Crippen LogP contribution in [0.4, 0.5) is 5.95 Å². The van der Waals surface area contributed by atoms with Crippen molar-refractivity contribution >= 4 is 41.9 Å². The Balaban J connectivity index is 3.36. The number of ether oxygens (including phenoxy) is 4. The van der Waals surface area contributed by atoms with Crippen LogP contribution in [0.15, 0.2) is 16.0 Å². The van der Waals surface area contributed by atoms with Gasteiger partial charge in [-0.25, -0.2) is 15.0 Å². The van der Waals surface area contributed by atoms with Crippen molar-refractivity contribution in [3.8, 4) is 0 Å². The van der Waals surface area contributed by atoms with Gasteiger partial charge in [0.25, 0.3) is 5.56 Å². The van der Waals surface area contributed by atoms with Gasteiger partial charge in [0, 0.05) is 46.4 Å². The highest BCUT2D eigenvalue weighted by atomic mass is 16.6. The summed E-state index contributed by atoms with van der Waals surface area (Å²) >= 11 is 0. The Labute approximate surface area is 194 Å². The molecule has 34 heavy (non-hydrogen) atoms. The zero-order valence-corrected chi connectivity index (χ0v) is 19.5. The standard InChI is InChI=1S/C20H26N4O10/c1-10-7-18(30)24(11(2)25)20(22-10)23-21-8-16(32-13(4)27)19(34-15(6)29)17(33-14(5)28)9-31-12(3)26/h7-8,16-17,19H,9H2,1-6H3,(H,22,23)/b21-8+/t16-,17-,19+/m0/s1. The molecule has 0 saturated carbocycles. The van der Waals surface area contributed by atoms with Gasteiger partial charge in [-0.2, -0.15) is 5.10 Å². The van der Waals surface area contributed by atoms with Gasteiger partial charge in [0.1, 0.15) is 6.61 Å². The molecule has 14 heteroatoms. The number of carbonyl (C=O) groups excluding carboxylic acids is 5. The molecule has 0 aliphatic heterocycles. The molecule has 186 valence electrons. The van der Waals surface area contributed by atoms with Crippen molar-refractivity contribution < 1.29 is 42.9 Å². The van der Waals surface area contributed by atoms with Gasteiger partial charge in [0.15, 0.2) is 18.3 Å². The summed E-state index contributed by atoms with van der Waals surface area (Å²) in [6.07, 6.45) is -3.32. The largest absolute Gasteiger partial charge is 0.462 e. The fourth-order valence-corrected chi connectivity index (χ4v) is 2.67. The lowest BCUT2D eigenvalue weighted by molar-refractivity contribution is -0.183. The summed E-state index contributed by atoms with van der Waals surface area (Å²) in [4.78, 5) is 74.1. The number of carbonyl (C=O) groups is 5. The Morgan fingerprint density at radius 1 is 1.00 bits per heavy atom. The summed E-state index contributed by atoms with van der Waals surface area (Å²) < 4.78 is 21.0. The lowest BCUT2D eigenvalue weighted by Gasteiger charge is -2.29. The van der Waals surface area contributed by atoms with Gasteiger partial charge in [-0.05, 0) is 6.92 Å². The second-order valence-corrected chi connectivity index (χ2v) is 6.90. The molecule has 3 atom stereocenters. The highest BCUT2D eigenvalue weighted by molar-refractivity contribution is 5.79. The van der Waals surface area contributed by atoms with Gasteiger partial charge in [-0.1, -0.05) is 0 Å². The molecule has 0 fully saturated rings. The van der Waals surface area contributed by atoms with E-state index in [1.165, 1.54) is 6.92 Å². The van der Waals surface area contributed by atoms with Crippen LogP contribution in [0, 0.1) is 6.92 Å². The molecular weight excluding hydrogens is 456 g/mol. The van der Waals surface area contributed by atoms with Crippen molar-refractivity contribution in [3.05, 3.63) is 22.1 Å². The fraction of sp³-hybridized carbons (Fsp3) is 0.500. The van der Waals surface area contributed by atoms with Crippen LogP contribution in [0.25, 0.3) is 0 Å². The summed E-state index contributed by atoms with van der Waals surface area (Å²) in [5.74, 6) is -3.99. The molecule has 1 aromatic heterocycles. The Bertz CT molecular complexity index is 1030. The molecule has 0 aliphatic carbocycles. The quantitative estimate of drug-likeness (QED) is 0.204. The number of rotatable bonds is 10. The number of esters is 4. The van der Waals surface area contributed by atoms with E-state index in [1.54, 1.807) is 0 Å². The van der Waals surface area contributed by atoms with Crippen LogP contribution >= 0.6 is 0 Å². The minimum absolute atomic E-state index is 0.226. The van der Waals surface area contributed by atoms with Crippen LogP contribution in [-0.2, 0) is 38.1 Å². The number of aromatic nitrogens is 2. The summed E-state index contributed by atoms with van der Waals surface area (Å²) in [7, 11) is 0. The molecule has 0 unspecified atom stereocenters. The molecule has 0 saturated heterocycles. The third-order valence-corrected chi connectivity index (χ3v) is 3.81. The Kier molecular flexibility index (Phi) is 10.5. The SMILES string of the molecule is CC(=O)OC[C@H](OC(C)=O)[C@H](OC(C)=O)[C@H](/C=N/Nc1nc(C)cc(=O)n1C(C)=O)OC(C)=O. The average Bonchev–Trinajstić information content (AvgIpc) is 2.67. The van der Waals surface area contributed by atoms with Gasteiger partial charge in [0.2, 0.25) is 11.9 Å². The molecule has 0 radical (unpaired) electrons. The van der Waals surface area contributed by atoms with E-state index < -0.39 is 60.3 Å². The lowest BCUT2D eigenvalue weighted by atomic mass is 10.1. The maximum atomic E-state index is 12.1. The Morgan fingerprint density at radius 3 is 2.09 bits per heavy atom. The van der Waals surface area contributed by atoms with Gasteiger partial charge in [0.05, 0.1) is 6.21 Å². The molecule has 14 nitrogen and oxygen atoms in total. The lowest BCUT2D eigenvalue weighted by Crippen LogP contribution is -2.48. The first-order valence-corrected chi connectivity index (χ1v) is 9.87. The number of hydrogen-bond donors (Lipinski definition) is 1. The summed E-state index contributed by atoms with van der Waals surface area (Å²) in [6.45, 7) is 6.47. The van der Waals surface area contributed by atoms with Crippen LogP contribution < -0.4 is 11.0 Å². The molecule has 0 bridgehead atoms. The minimum atomic E-state index is -1.48. The number of nitrogens with one attached hydrogen (secondary N) is 1. The van der Waals surface area contributed by atoms with Crippen molar-refractivity contribution in [1.82, 2.24) is 9.55 Å². The van der Waals surface area contributed by atoms with Crippen LogP contribution in [0.2, 0.25) is 0 Å². The van der Waals surface area contributed by atoms with E-state index in [9.17, 15) is 28.8 Å². The summed E-state index contributed by atoms with van der Waals surface area (Å²) in [5, 5.41) is 3.84. The van der Waals surface area contributed by atoms with Crippen molar-refractivity contribution in [3.63, 3.8) is 0 Å². The van der Waals surface area contributed by atoms with Gasteiger partial charge in [-0.15, -0.1) is 0 Å². The number of hydrazone groups is 1. The van der Waals surface area contributed by atoms with Crippen LogP contribution in [0.5, 0.6) is 0 Å². The second kappa shape index (κ2) is 12.8. The number of nitrogens with zero attached hydrogens (tertiary/aromatic N) is 3. The topological polar surface area (TPSA) is 182 Å². The van der Waals surface area contributed by atoms with Gasteiger partial charge < -0.3 is 18.9 Å². The molecule has 0 aromatic carbocycles. The molecule has 1 heterocycles. The monoisotopic (exact) mass is 482 g/mol. The molecule has 1 aromatic rings. The minimum Gasteiger partial charge on any atom is -0.462 e. The highest BCUT2D eigenvalue weighted by Gasteiger charge is 2.37. The summed E-state index contributed by atoms with van der Waals surface area (Å²) in [6, 6.07) is 1.15. The van der Waals surface area contributed by atoms with Crippen LogP contribution in [-0.4, -0.2) is 70.5 Å². The second-order valence-electron chi connectivity index (χ2n) is 6.90. The van der Waals surface area contributed by atoms with E-state index in [1.807, 2.05) is 0 Å². The van der Waals surface area contributed by atoms with E-state index in [0.29, 0.717) is 5.69 Å². The molecular formula is C20H26N4O10. The number of aryl methyl sites for hydroxylation is 1. The third-order valence-electron chi connectivity index (χ3n) is 3.81. The maximum Gasteiger partial charge on any atom is 0.303 e. The van der Waals surface area contributed by atoms with E-state index in [4.69, 9.17) is 18.9 Å². The normalized spacial score (nSPS) is 13.4. The van der Waals surface area contributed by atoms with E-state index in [2.05, 4.69) is 15.5 Å². The van der Waals surface area contributed by atoms with E-state index in [-0.39, 0.29) is 5.95 Å². The average molecular weight is 482 g/mol. The zero-order chi connectivity index (χ0) is 26.0. The van der Waals surface area contributed by atoms with E-state index >= 15 is 0 Å². The number of hydrogen-bond acceptors (Lipinski definition) is 13. The smallest absolute Gasteiger partial charge is 0.303 e. The maximum absolute atomic E-state index is 12.1. The first-order valence-electron chi connectivity index (χ1n) is 9.87. The van der Waals surface area contributed by atoms with E-state index in [0.717, 1.165) is 51.5 Å². The fourth-order valence-electron chi connectivity index (χ4n) is 2.67. The van der Waals surface area contributed by atoms with Crippen LogP contribution in [0.1, 0.15) is 45.1 Å². The molecule has 0 spiro atoms. The van der Waals surface area contributed by atoms with Crippen molar-refractivity contribution in [1.29, 1.82) is 0 Å². The first kappa shape index (κ1) is 27.9.